The largest absolute Gasteiger partial charge is 2.00 e. The van der Waals surface area contributed by atoms with Crippen molar-refractivity contribution in [2.24, 2.45) is 0 Å². The SMILES string of the molecule is CC.CC.CC.CC.[CH-]=C(C[CH]=[W])NC.[CH-]=CC=[C-]NC.[W+2].[W]. The van der Waals surface area contributed by atoms with Crippen LogP contribution in [0.25, 0.3) is 0 Å². The van der Waals surface area contributed by atoms with Gasteiger partial charge in [-0.2, -0.15) is 0 Å². The molecule has 2 nitrogen and oxygen atoms in total. The minimum atomic E-state index is 0. The van der Waals surface area contributed by atoms with Gasteiger partial charge in [0.2, 0.25) is 0 Å². The second-order valence-electron chi connectivity index (χ2n) is 1.90. The molecular formula is C18H39N2W3-. The summed E-state index contributed by atoms with van der Waals surface area (Å²) in [5.74, 6) is 0. The van der Waals surface area contributed by atoms with Crippen molar-refractivity contribution in [1.82, 2.24) is 10.6 Å². The van der Waals surface area contributed by atoms with Crippen LogP contribution >= 0.6 is 0 Å². The van der Waals surface area contributed by atoms with Gasteiger partial charge in [-0.15, -0.1) is 0 Å². The summed E-state index contributed by atoms with van der Waals surface area (Å²) in [6.45, 7) is 26.3. The van der Waals surface area contributed by atoms with E-state index in [0.717, 1.165) is 12.1 Å². The van der Waals surface area contributed by atoms with Crippen molar-refractivity contribution in [3.8, 4) is 0 Å². The summed E-state index contributed by atoms with van der Waals surface area (Å²) in [5, 5.41) is 5.49. The van der Waals surface area contributed by atoms with E-state index in [9.17, 15) is 0 Å². The van der Waals surface area contributed by atoms with Gasteiger partial charge in [-0.05, 0) is 7.05 Å². The zero-order valence-electron chi connectivity index (χ0n) is 16.8. The van der Waals surface area contributed by atoms with Crippen molar-refractivity contribution in [3.63, 3.8) is 0 Å². The fourth-order valence-electron chi connectivity index (χ4n) is 0.323. The molecule has 0 aliphatic heterocycles. The molecule has 0 aliphatic carbocycles. The van der Waals surface area contributed by atoms with Gasteiger partial charge in [-0.25, -0.2) is 0 Å². The van der Waals surface area contributed by atoms with E-state index >= 15 is 0 Å². The predicted octanol–water partition coefficient (Wildman–Crippen LogP) is 4.87. The normalized spacial score (nSPS) is 5.65. The quantitative estimate of drug-likeness (QED) is 0.235. The summed E-state index contributed by atoms with van der Waals surface area (Å²) >= 11 is 1.47. The molecule has 0 bridgehead atoms. The van der Waals surface area contributed by atoms with Crippen LogP contribution in [0.4, 0.5) is 0 Å². The van der Waals surface area contributed by atoms with E-state index in [0.29, 0.717) is 0 Å². The summed E-state index contributed by atoms with van der Waals surface area (Å²) in [4.78, 5) is 0. The molecule has 0 fully saturated rings. The Morgan fingerprint density at radius 1 is 1.00 bits per heavy atom. The van der Waals surface area contributed by atoms with E-state index in [1.807, 2.05) is 62.4 Å². The molecule has 0 heterocycles. The fraction of sp³-hybridized carbons (Fsp3) is 0.611. The molecule has 0 amide bonds. The minimum Gasteiger partial charge on any atom is -0.497 e. The van der Waals surface area contributed by atoms with Crippen LogP contribution < -0.4 is 10.6 Å². The number of rotatable bonds is 5. The topological polar surface area (TPSA) is 24.1 Å². The van der Waals surface area contributed by atoms with Crippen LogP contribution in [0.5, 0.6) is 0 Å². The zero-order chi connectivity index (χ0) is 18.5. The second kappa shape index (κ2) is 93.1. The van der Waals surface area contributed by atoms with Gasteiger partial charge in [0.05, 0.1) is 0 Å². The molecule has 0 aromatic heterocycles. The second-order valence-corrected chi connectivity index (χ2v) is 3.10. The van der Waals surface area contributed by atoms with Crippen LogP contribution in [0.3, 0.4) is 0 Å². The first-order valence-electron chi connectivity index (χ1n) is 7.74. The van der Waals surface area contributed by atoms with Crippen molar-refractivity contribution < 1.29 is 61.5 Å². The van der Waals surface area contributed by atoms with Crippen LogP contribution in [-0.4, -0.2) is 18.5 Å². The fourth-order valence-corrected chi connectivity index (χ4v) is 0.968. The average molecular weight is 835 g/mol. The van der Waals surface area contributed by atoms with Crippen molar-refractivity contribution in [1.29, 1.82) is 0 Å². The van der Waals surface area contributed by atoms with Crippen LogP contribution in [-0.2, 0) is 61.5 Å². The Morgan fingerprint density at radius 3 is 1.43 bits per heavy atom. The summed E-state index contributed by atoms with van der Waals surface area (Å²) in [7, 11) is 3.59. The summed E-state index contributed by atoms with van der Waals surface area (Å²) in [6, 6.07) is 0. The van der Waals surface area contributed by atoms with Gasteiger partial charge in [0, 0.05) is 21.1 Å². The molecule has 140 valence electrons. The molecule has 0 spiro atoms. The Labute approximate surface area is 188 Å². The summed E-state index contributed by atoms with van der Waals surface area (Å²) < 4.78 is 2.09. The van der Waals surface area contributed by atoms with Gasteiger partial charge in [0.1, 0.15) is 0 Å². The summed E-state index contributed by atoms with van der Waals surface area (Å²) in [6.07, 6.45) is 6.55. The first-order chi connectivity index (χ1) is 10.2. The molecule has 0 rings (SSSR count). The molecular weight excluding hydrogens is 796 g/mol. The Hall–Kier alpha value is 0.755. The molecule has 0 saturated carbocycles. The van der Waals surface area contributed by atoms with Crippen LogP contribution in [0, 0.1) is 19.4 Å². The molecule has 0 aromatic carbocycles. The van der Waals surface area contributed by atoms with Crippen LogP contribution in [0.15, 0.2) is 17.8 Å². The van der Waals surface area contributed by atoms with Crippen LogP contribution in [0.2, 0.25) is 0 Å². The molecule has 2 N–H and O–H groups in total. The molecule has 0 aromatic rings. The molecule has 0 aliphatic rings. The Balaban J connectivity index is -0.0000000215. The third kappa shape index (κ3) is 128. The third-order valence-corrected chi connectivity index (χ3v) is 1.55. The monoisotopic (exact) mass is 835 g/mol. The first-order valence-corrected chi connectivity index (χ1v) is 9.44. The molecule has 0 radical (unpaired) electrons. The maximum absolute atomic E-state index is 5.37. The van der Waals surface area contributed by atoms with Gasteiger partial charge in [0.15, 0.2) is 0 Å². The smallest absolute Gasteiger partial charge is 0.497 e. The van der Waals surface area contributed by atoms with Crippen molar-refractivity contribution >= 4 is 4.40 Å². The van der Waals surface area contributed by atoms with Gasteiger partial charge < -0.3 is 24.0 Å². The van der Waals surface area contributed by atoms with E-state index in [2.05, 4.69) is 21.2 Å². The third-order valence-electron chi connectivity index (χ3n) is 0.948. The van der Waals surface area contributed by atoms with E-state index in [4.69, 9.17) is 13.2 Å². The van der Waals surface area contributed by atoms with Gasteiger partial charge in [-0.3, -0.25) is 6.20 Å². The number of nitrogens with one attached hydrogen (secondary N) is 2. The number of hydrogen-bond donors (Lipinski definition) is 2. The standard InChI is InChI=1S/C5H8N.C5H7N.4C2H6.3W/c1-4-5(2)6-3;1-3-4-5-6-2;4*1-2;;;/h1-2,6H,4H2,3H3;1,3-4,6H,2H3;4*1-2H3;;;/q-1;-2;;;;;;;+2. The van der Waals surface area contributed by atoms with E-state index in [-0.39, 0.29) is 42.1 Å². The van der Waals surface area contributed by atoms with Crippen molar-refractivity contribution in [3.05, 3.63) is 37.2 Å². The van der Waals surface area contributed by atoms with Crippen molar-refractivity contribution in [2.75, 3.05) is 14.1 Å². The maximum Gasteiger partial charge on any atom is 2.00 e. The molecule has 0 saturated heterocycles. The predicted molar refractivity (Wildman–Crippen MR) is 98.7 cm³/mol. The number of hydrogen-bond acceptors (Lipinski definition) is 2. The summed E-state index contributed by atoms with van der Waals surface area (Å²) in [5.41, 5.74) is 0.843. The molecule has 0 atom stereocenters. The Bertz CT molecular complexity index is 183. The molecule has 5 heteroatoms. The van der Waals surface area contributed by atoms with E-state index in [1.165, 1.54) is 25.4 Å². The minimum absolute atomic E-state index is 0. The van der Waals surface area contributed by atoms with E-state index < -0.39 is 0 Å². The number of allylic oxidation sites excluding steroid dienone is 3. The van der Waals surface area contributed by atoms with Crippen molar-refractivity contribution in [2.45, 2.75) is 61.8 Å². The van der Waals surface area contributed by atoms with E-state index in [1.54, 1.807) is 13.1 Å². The molecule has 23 heavy (non-hydrogen) atoms. The van der Waals surface area contributed by atoms with Gasteiger partial charge >= 0.3 is 75.9 Å². The molecule has 0 unspecified atom stereocenters. The zero-order valence-corrected chi connectivity index (χ0v) is 25.6. The Kier molecular flexibility index (Phi) is 201. The maximum atomic E-state index is 5.37. The average Bonchev–Trinajstić information content (AvgIpc) is 2.61. The van der Waals surface area contributed by atoms with Gasteiger partial charge in [0.25, 0.3) is 0 Å². The van der Waals surface area contributed by atoms with Crippen LogP contribution in [0.1, 0.15) is 61.8 Å². The Morgan fingerprint density at radius 2 is 1.35 bits per heavy atom. The van der Waals surface area contributed by atoms with Gasteiger partial charge in [-0.1, -0.05) is 55.4 Å². The first kappa shape index (κ1) is 49.6.